The molecule has 0 unspecified atom stereocenters. The van der Waals surface area contributed by atoms with Gasteiger partial charge in [0.05, 0.1) is 19.8 Å². The lowest BCUT2D eigenvalue weighted by atomic mass is 9.97. The van der Waals surface area contributed by atoms with Crippen LogP contribution >= 0.6 is 0 Å². The molecule has 1 N–H and O–H groups in total. The number of rotatable bonds is 4. The molecule has 3 rings (SSSR count). The fraction of sp³-hybridized carbons (Fsp3) is 0.471. The van der Waals surface area contributed by atoms with Gasteiger partial charge >= 0.3 is 0 Å². The van der Waals surface area contributed by atoms with Gasteiger partial charge in [-0.05, 0) is 30.9 Å². The number of likely N-dealkylation sites (tertiary alicyclic amines) is 1. The summed E-state index contributed by atoms with van der Waals surface area (Å²) in [6.45, 7) is 1.68. The Hall–Kier alpha value is -2.01. The number of hydrogen-bond donors (Lipinski definition) is 1. The molecule has 0 radical (unpaired) electrons. The number of carbonyl (C=O) groups is 1. The number of fused-ring (bicyclic) bond motifs is 1. The molecule has 1 fully saturated rings. The average Bonchev–Trinajstić information content (AvgIpc) is 2.97. The maximum atomic E-state index is 12.4. The molecule has 22 heavy (non-hydrogen) atoms. The van der Waals surface area contributed by atoms with Gasteiger partial charge in [-0.3, -0.25) is 4.79 Å². The smallest absolute Gasteiger partial charge is 0.227 e. The van der Waals surface area contributed by atoms with Gasteiger partial charge < -0.3 is 19.2 Å². The SMILES string of the molecule is COc1ccc2c(CC(=O)N3CCC(CO)CC3)coc2c1. The van der Waals surface area contributed by atoms with E-state index >= 15 is 0 Å². The summed E-state index contributed by atoms with van der Waals surface area (Å²) >= 11 is 0. The maximum absolute atomic E-state index is 12.4. The van der Waals surface area contributed by atoms with Crippen LogP contribution in [0, 0.1) is 5.92 Å². The molecule has 5 nitrogen and oxygen atoms in total. The summed E-state index contributed by atoms with van der Waals surface area (Å²) in [6, 6.07) is 5.63. The third-order valence-corrected chi connectivity index (χ3v) is 4.43. The molecule has 5 heteroatoms. The van der Waals surface area contributed by atoms with Crippen LogP contribution in [0.3, 0.4) is 0 Å². The van der Waals surface area contributed by atoms with Gasteiger partial charge in [-0.2, -0.15) is 0 Å². The van der Waals surface area contributed by atoms with Crippen LogP contribution in [-0.2, 0) is 11.2 Å². The van der Waals surface area contributed by atoms with Gasteiger partial charge in [-0.25, -0.2) is 0 Å². The summed E-state index contributed by atoms with van der Waals surface area (Å²) in [5, 5.41) is 10.1. The fourth-order valence-corrected chi connectivity index (χ4v) is 2.97. The number of hydrogen-bond acceptors (Lipinski definition) is 4. The zero-order valence-corrected chi connectivity index (χ0v) is 12.7. The lowest BCUT2D eigenvalue weighted by Crippen LogP contribution is -2.39. The molecule has 0 spiro atoms. The predicted octanol–water partition coefficient (Wildman–Crippen LogP) is 2.21. The Morgan fingerprint density at radius 3 is 2.86 bits per heavy atom. The van der Waals surface area contributed by atoms with Crippen molar-refractivity contribution in [3.05, 3.63) is 30.0 Å². The number of carbonyl (C=O) groups excluding carboxylic acids is 1. The molecule has 1 aliphatic heterocycles. The monoisotopic (exact) mass is 303 g/mol. The van der Waals surface area contributed by atoms with E-state index in [1.54, 1.807) is 13.4 Å². The minimum atomic E-state index is 0.120. The molecule has 0 aliphatic carbocycles. The topological polar surface area (TPSA) is 62.9 Å². The van der Waals surface area contributed by atoms with Gasteiger partial charge in [0.1, 0.15) is 11.3 Å². The van der Waals surface area contributed by atoms with E-state index in [9.17, 15) is 4.79 Å². The second kappa shape index (κ2) is 6.40. The Morgan fingerprint density at radius 1 is 1.41 bits per heavy atom. The van der Waals surface area contributed by atoms with Crippen molar-refractivity contribution >= 4 is 16.9 Å². The van der Waals surface area contributed by atoms with Crippen LogP contribution in [-0.4, -0.2) is 42.7 Å². The number of furan rings is 1. The minimum absolute atomic E-state index is 0.120. The average molecular weight is 303 g/mol. The molecule has 118 valence electrons. The molecular formula is C17H21NO4. The van der Waals surface area contributed by atoms with Gasteiger partial charge in [0, 0.05) is 36.7 Å². The van der Waals surface area contributed by atoms with Crippen molar-refractivity contribution in [2.24, 2.45) is 5.92 Å². The number of aliphatic hydroxyl groups excluding tert-OH is 1. The number of piperidine rings is 1. The molecule has 0 bridgehead atoms. The molecule has 1 saturated heterocycles. The summed E-state index contributed by atoms with van der Waals surface area (Å²) in [5.74, 6) is 1.20. The van der Waals surface area contributed by atoms with E-state index in [0.717, 1.165) is 48.2 Å². The summed E-state index contributed by atoms with van der Waals surface area (Å²) in [5.41, 5.74) is 1.65. The molecule has 2 heterocycles. The molecular weight excluding hydrogens is 282 g/mol. The number of amides is 1. The Bertz CT molecular complexity index is 656. The summed E-state index contributed by atoms with van der Waals surface area (Å²) in [6.07, 6.45) is 3.77. The molecule has 2 aromatic rings. The Morgan fingerprint density at radius 2 is 2.18 bits per heavy atom. The third kappa shape index (κ3) is 2.95. The molecule has 0 atom stereocenters. The molecule has 1 amide bonds. The maximum Gasteiger partial charge on any atom is 0.227 e. The predicted molar refractivity (Wildman–Crippen MR) is 82.9 cm³/mol. The highest BCUT2D eigenvalue weighted by Gasteiger charge is 2.23. The second-order valence-electron chi connectivity index (χ2n) is 5.81. The van der Waals surface area contributed by atoms with Crippen molar-refractivity contribution in [3.63, 3.8) is 0 Å². The van der Waals surface area contributed by atoms with Crippen LogP contribution in [0.25, 0.3) is 11.0 Å². The Kier molecular flexibility index (Phi) is 4.34. The first-order valence-corrected chi connectivity index (χ1v) is 7.64. The van der Waals surface area contributed by atoms with Crippen molar-refractivity contribution in [1.82, 2.24) is 4.90 Å². The summed E-state index contributed by atoms with van der Waals surface area (Å²) in [7, 11) is 1.62. The van der Waals surface area contributed by atoms with Gasteiger partial charge in [0.2, 0.25) is 5.91 Å². The van der Waals surface area contributed by atoms with Crippen LogP contribution < -0.4 is 4.74 Å². The quantitative estimate of drug-likeness (QED) is 0.940. The highest BCUT2D eigenvalue weighted by atomic mass is 16.5. The van der Waals surface area contributed by atoms with Gasteiger partial charge in [0.15, 0.2) is 0 Å². The molecule has 1 aliphatic rings. The van der Waals surface area contributed by atoms with Crippen LogP contribution in [0.1, 0.15) is 18.4 Å². The fourth-order valence-electron chi connectivity index (χ4n) is 2.97. The molecule has 1 aromatic heterocycles. The first kappa shape index (κ1) is 14.9. The summed E-state index contributed by atoms with van der Waals surface area (Å²) in [4.78, 5) is 14.3. The zero-order chi connectivity index (χ0) is 15.5. The Labute approximate surface area is 129 Å². The van der Waals surface area contributed by atoms with E-state index in [1.165, 1.54) is 0 Å². The van der Waals surface area contributed by atoms with E-state index in [2.05, 4.69) is 0 Å². The standard InChI is InChI=1S/C17H21NO4/c1-21-14-2-3-15-13(11-22-16(15)9-14)8-17(20)18-6-4-12(10-19)5-7-18/h2-3,9,11-12,19H,4-8,10H2,1H3. The van der Waals surface area contributed by atoms with E-state index in [0.29, 0.717) is 12.3 Å². The van der Waals surface area contributed by atoms with Crippen molar-refractivity contribution in [2.45, 2.75) is 19.3 Å². The first-order valence-electron chi connectivity index (χ1n) is 7.64. The van der Waals surface area contributed by atoms with E-state index in [-0.39, 0.29) is 12.5 Å². The van der Waals surface area contributed by atoms with Crippen LogP contribution in [0.4, 0.5) is 0 Å². The van der Waals surface area contributed by atoms with Crippen molar-refractivity contribution in [1.29, 1.82) is 0 Å². The van der Waals surface area contributed by atoms with Gasteiger partial charge in [-0.15, -0.1) is 0 Å². The van der Waals surface area contributed by atoms with E-state index < -0.39 is 0 Å². The van der Waals surface area contributed by atoms with E-state index in [4.69, 9.17) is 14.3 Å². The highest BCUT2D eigenvalue weighted by molar-refractivity contribution is 5.88. The van der Waals surface area contributed by atoms with Crippen molar-refractivity contribution in [3.8, 4) is 5.75 Å². The van der Waals surface area contributed by atoms with Gasteiger partial charge in [-0.1, -0.05) is 0 Å². The van der Waals surface area contributed by atoms with Gasteiger partial charge in [0.25, 0.3) is 0 Å². The largest absolute Gasteiger partial charge is 0.497 e. The molecule has 0 saturated carbocycles. The second-order valence-corrected chi connectivity index (χ2v) is 5.81. The highest BCUT2D eigenvalue weighted by Crippen LogP contribution is 2.26. The van der Waals surface area contributed by atoms with Crippen molar-refractivity contribution < 1.29 is 19.1 Å². The van der Waals surface area contributed by atoms with Crippen LogP contribution in [0.15, 0.2) is 28.9 Å². The van der Waals surface area contributed by atoms with E-state index in [1.807, 2.05) is 23.1 Å². The normalized spacial score (nSPS) is 16.2. The first-order chi connectivity index (χ1) is 10.7. The lowest BCUT2D eigenvalue weighted by molar-refractivity contribution is -0.132. The van der Waals surface area contributed by atoms with Crippen LogP contribution in [0.2, 0.25) is 0 Å². The number of ether oxygens (including phenoxy) is 1. The zero-order valence-electron chi connectivity index (χ0n) is 12.7. The Balaban J connectivity index is 1.69. The molecule has 1 aromatic carbocycles. The number of benzene rings is 1. The van der Waals surface area contributed by atoms with Crippen molar-refractivity contribution in [2.75, 3.05) is 26.8 Å². The summed E-state index contributed by atoms with van der Waals surface area (Å²) < 4.78 is 10.7. The number of aliphatic hydroxyl groups is 1. The lowest BCUT2D eigenvalue weighted by Gasteiger charge is -2.31. The third-order valence-electron chi connectivity index (χ3n) is 4.43. The number of nitrogens with zero attached hydrogens (tertiary/aromatic N) is 1. The number of methoxy groups -OCH3 is 1. The van der Waals surface area contributed by atoms with Crippen LogP contribution in [0.5, 0.6) is 5.75 Å². The minimum Gasteiger partial charge on any atom is -0.497 e.